The molecule has 2 aromatic carbocycles. The third-order valence-corrected chi connectivity index (χ3v) is 15.4. The fourth-order valence-electron chi connectivity index (χ4n) is 12.3. The van der Waals surface area contributed by atoms with Gasteiger partial charge in [-0.15, -0.1) is 0 Å². The van der Waals surface area contributed by atoms with Crippen LogP contribution in [0.15, 0.2) is 59.7 Å². The van der Waals surface area contributed by atoms with E-state index in [4.69, 9.17) is 52.1 Å². The summed E-state index contributed by atoms with van der Waals surface area (Å²) in [7, 11) is 2.90. The van der Waals surface area contributed by atoms with E-state index in [0.29, 0.717) is 11.3 Å². The third kappa shape index (κ3) is 8.55. The van der Waals surface area contributed by atoms with Crippen molar-refractivity contribution in [1.82, 2.24) is 4.90 Å². The van der Waals surface area contributed by atoms with Gasteiger partial charge in [0.15, 0.2) is 48.1 Å². The number of hydrogen-bond donors (Lipinski definition) is 1. The van der Waals surface area contributed by atoms with Crippen molar-refractivity contribution in [1.29, 1.82) is 0 Å². The first-order valence-corrected chi connectivity index (χ1v) is 24.3. The van der Waals surface area contributed by atoms with Crippen LogP contribution in [0.5, 0.6) is 11.5 Å². The van der Waals surface area contributed by atoms with Crippen LogP contribution in [0, 0.1) is 22.7 Å². The monoisotopic (exact) mass is 1020 g/mol. The number of hydrogen-bond acceptors (Lipinski definition) is 19. The molecule has 13 atom stereocenters. The molecule has 3 aliphatic heterocycles. The molecule has 2 aromatic rings. The van der Waals surface area contributed by atoms with E-state index in [1.807, 2.05) is 13.8 Å². The second-order valence-corrected chi connectivity index (χ2v) is 21.8. The number of ketones is 1. The minimum Gasteiger partial charge on any atom is -0.497 e. The summed E-state index contributed by atoms with van der Waals surface area (Å²) < 4.78 is 67.8. The van der Waals surface area contributed by atoms with Gasteiger partial charge < -0.3 is 57.2 Å². The summed E-state index contributed by atoms with van der Waals surface area (Å²) in [5, 5.41) is 12.3. The van der Waals surface area contributed by atoms with Crippen molar-refractivity contribution in [3.8, 4) is 11.5 Å². The highest BCUT2D eigenvalue weighted by molar-refractivity contribution is 5.96. The van der Waals surface area contributed by atoms with Crippen LogP contribution < -0.4 is 9.47 Å². The van der Waals surface area contributed by atoms with Gasteiger partial charge >= 0.3 is 36.1 Å². The molecule has 3 heterocycles. The number of methoxy groups -OCH3 is 2. The number of amides is 1. The Bertz CT molecular complexity index is 2600. The lowest BCUT2D eigenvalue weighted by Crippen LogP contribution is -2.83. The molecule has 5 fully saturated rings. The van der Waals surface area contributed by atoms with E-state index in [0.717, 1.165) is 13.8 Å². The molecule has 8 rings (SSSR count). The lowest BCUT2D eigenvalue weighted by molar-refractivity contribution is -0.345. The van der Waals surface area contributed by atoms with Gasteiger partial charge in [0, 0.05) is 37.3 Å². The van der Waals surface area contributed by atoms with Crippen LogP contribution in [0.4, 0.5) is 9.59 Å². The molecule has 396 valence electrons. The van der Waals surface area contributed by atoms with E-state index in [9.17, 15) is 29.1 Å². The summed E-state index contributed by atoms with van der Waals surface area (Å²) in [4.78, 5) is 103. The maximum atomic E-state index is 15.9. The fourth-order valence-corrected chi connectivity index (χ4v) is 12.3. The zero-order valence-electron chi connectivity index (χ0n) is 43.3. The number of carbonyl (C=O) groups is 7. The molecule has 0 radical (unpaired) electrons. The molecular weight excluding hydrogens is 955 g/mol. The smallest absolute Gasteiger partial charge is 0.497 e. The van der Waals surface area contributed by atoms with Crippen LogP contribution in [0.2, 0.25) is 0 Å². The van der Waals surface area contributed by atoms with Gasteiger partial charge in [-0.05, 0) is 82.4 Å². The Morgan fingerprint density at radius 2 is 1.60 bits per heavy atom. The van der Waals surface area contributed by atoms with Crippen LogP contribution in [-0.4, -0.2) is 138 Å². The van der Waals surface area contributed by atoms with Gasteiger partial charge in [0.1, 0.15) is 23.2 Å². The second kappa shape index (κ2) is 18.9. The van der Waals surface area contributed by atoms with Crippen LogP contribution in [0.1, 0.15) is 111 Å². The van der Waals surface area contributed by atoms with Crippen molar-refractivity contribution in [3.63, 3.8) is 0 Å². The number of rotatable bonds is 11. The molecule has 6 aliphatic rings. The Morgan fingerprint density at radius 1 is 0.918 bits per heavy atom. The minimum absolute atomic E-state index is 0.0245. The number of nitrogens with zero attached hydrogens (tertiary/aromatic N) is 1. The molecule has 1 spiro atoms. The Kier molecular flexibility index (Phi) is 13.7. The first kappa shape index (κ1) is 53.1. The average molecular weight is 1020 g/mol. The van der Waals surface area contributed by atoms with Gasteiger partial charge in [-0.25, -0.2) is 19.2 Å². The first-order valence-electron chi connectivity index (χ1n) is 24.3. The summed E-state index contributed by atoms with van der Waals surface area (Å²) in [6.45, 7) is 16.8. The average Bonchev–Trinajstić information content (AvgIpc) is 3.87. The molecule has 20 nitrogen and oxygen atoms in total. The van der Waals surface area contributed by atoms with Crippen molar-refractivity contribution in [2.24, 2.45) is 22.7 Å². The summed E-state index contributed by atoms with van der Waals surface area (Å²) >= 11 is 0. The molecule has 20 heteroatoms. The van der Waals surface area contributed by atoms with Gasteiger partial charge in [0.05, 0.1) is 49.9 Å². The van der Waals surface area contributed by atoms with E-state index < -0.39 is 130 Å². The van der Waals surface area contributed by atoms with Crippen molar-refractivity contribution in [2.45, 2.75) is 161 Å². The highest BCUT2D eigenvalue weighted by atomic mass is 16.8. The standard InChI is InChI=1S/C53H65NO19/c1-25(2)21-32-38(67-44(54(32)47(61)72-49(6,7)8)31-20-19-30(63-12)22-33(31)64-13)46(60)68-37-26(3)36-39(66-27(4)55)41(58)51(11)34(57)23-35-52(24-65-35,71-28(5)56)40(51)43(69-45(59)29-17-15-14-16-18-29)53(50(36,9)10)42(37)70-48(62)73-53/h14-20,22,25,32,34-35,37-40,42-44,57H,21,23-24H2,1-13H3/t32-,34-,35+,37+,38+,39+,40-,42-,43-,44?,51+,52-,53+/m0/s1. The predicted molar refractivity (Wildman–Crippen MR) is 252 cm³/mol. The van der Waals surface area contributed by atoms with Crippen molar-refractivity contribution >= 4 is 41.9 Å². The number of Topliss-reactive ketones (excluding diaryl/α,β-unsaturated/α-hetero) is 1. The number of fused-ring (bicyclic) bond motifs is 4. The molecular formula is C53H65NO19. The number of carbonyl (C=O) groups excluding carboxylic acids is 7. The number of aliphatic hydroxyl groups excluding tert-OH is 1. The second-order valence-electron chi connectivity index (χ2n) is 21.8. The molecule has 1 N–H and O–H groups in total. The van der Waals surface area contributed by atoms with E-state index >= 15 is 9.59 Å². The molecule has 1 unspecified atom stereocenters. The van der Waals surface area contributed by atoms with Crippen molar-refractivity contribution in [2.75, 3.05) is 20.8 Å². The Labute approximate surface area is 423 Å². The Morgan fingerprint density at radius 3 is 2.18 bits per heavy atom. The Balaban J connectivity index is 1.35. The van der Waals surface area contributed by atoms with Gasteiger partial charge in [-0.2, -0.15) is 0 Å². The van der Waals surface area contributed by atoms with Crippen LogP contribution in [0.3, 0.4) is 0 Å². The van der Waals surface area contributed by atoms with E-state index in [1.165, 1.54) is 45.1 Å². The normalized spacial score (nSPS) is 34.0. The van der Waals surface area contributed by atoms with E-state index in [-0.39, 0.29) is 47.8 Å². The topological polar surface area (TPSA) is 244 Å². The van der Waals surface area contributed by atoms with Crippen LogP contribution in [-0.2, 0) is 61.8 Å². The van der Waals surface area contributed by atoms with Crippen molar-refractivity contribution in [3.05, 3.63) is 70.8 Å². The molecule has 1 amide bonds. The van der Waals surface area contributed by atoms with Crippen LogP contribution in [0.25, 0.3) is 0 Å². The quantitative estimate of drug-likeness (QED) is 0.151. The molecule has 0 aromatic heterocycles. The van der Waals surface area contributed by atoms with Gasteiger partial charge in [0.25, 0.3) is 0 Å². The molecule has 3 saturated heterocycles. The number of aliphatic hydroxyl groups is 1. The minimum atomic E-state index is -2.38. The summed E-state index contributed by atoms with van der Waals surface area (Å²) in [5.74, 6) is -5.79. The maximum Gasteiger partial charge on any atom is 0.509 e. The third-order valence-electron chi connectivity index (χ3n) is 15.4. The molecule has 2 bridgehead atoms. The molecule has 73 heavy (non-hydrogen) atoms. The number of ether oxygens (including phenoxy) is 11. The number of benzene rings is 2. The molecule has 3 aliphatic carbocycles. The predicted octanol–water partition coefficient (Wildman–Crippen LogP) is 6.12. The largest absolute Gasteiger partial charge is 0.509 e. The van der Waals surface area contributed by atoms with Crippen molar-refractivity contribution < 1.29 is 90.8 Å². The highest BCUT2D eigenvalue weighted by Crippen LogP contribution is 2.67. The fraction of sp³-hybridized carbons (Fsp3) is 0.604. The Hall–Kier alpha value is -6.25. The summed E-state index contributed by atoms with van der Waals surface area (Å²) in [6, 6.07) is 11.6. The first-order chi connectivity index (χ1) is 34.2. The SMILES string of the molecule is COc1ccc(C2O[C@@H](C(=O)O[C@@H]3C(C)=C4[C@@H](OC(C)=O)C(=O)[C@@]5(C)[C@H]([C@H](OC(=O)c6ccccc6)[C@@]6(OC(=O)O[C@@H]36)C4(C)C)[C@]3(OC(C)=O)CO[C@@H]3C[C@@H]5O)[C@H](CC(C)C)N2C(=O)OC(C)(C)C)c(OC)c1. The summed E-state index contributed by atoms with van der Waals surface area (Å²) in [6.07, 6.45) is -15.1. The molecule has 2 saturated carbocycles. The highest BCUT2D eigenvalue weighted by Gasteiger charge is 2.83. The lowest BCUT2D eigenvalue weighted by atomic mass is 9.44. The number of esters is 4. The zero-order valence-corrected chi connectivity index (χ0v) is 43.3. The lowest BCUT2D eigenvalue weighted by Gasteiger charge is -2.67. The maximum absolute atomic E-state index is 15.9. The van der Waals surface area contributed by atoms with Gasteiger partial charge in [-0.3, -0.25) is 19.3 Å². The zero-order chi connectivity index (χ0) is 53.5. The van der Waals surface area contributed by atoms with Gasteiger partial charge in [-0.1, -0.05) is 45.9 Å². The van der Waals surface area contributed by atoms with Gasteiger partial charge in [0.2, 0.25) is 5.60 Å². The van der Waals surface area contributed by atoms with E-state index in [1.54, 1.807) is 71.0 Å². The van der Waals surface area contributed by atoms with Crippen LogP contribution >= 0.6 is 0 Å². The van der Waals surface area contributed by atoms with E-state index in [2.05, 4.69) is 0 Å². The summed E-state index contributed by atoms with van der Waals surface area (Å²) in [5.41, 5.74) is -8.73.